The van der Waals surface area contributed by atoms with Crippen molar-refractivity contribution in [3.63, 3.8) is 0 Å². The number of halogens is 1. The summed E-state index contributed by atoms with van der Waals surface area (Å²) in [7, 11) is 2.02. The summed E-state index contributed by atoms with van der Waals surface area (Å²) in [5.74, 6) is -0.307. The Balaban J connectivity index is 2.16. The highest BCUT2D eigenvalue weighted by atomic mass is 79.9. The van der Waals surface area contributed by atoms with Crippen LogP contribution in [0.25, 0.3) is 0 Å². The standard InChI is InChI=1S/C14H20BrNO3/c1-3-19-14(17)11-18-9-8-16(2)10-12-4-6-13(15)7-5-12/h4-7H,3,8-11H2,1-2H3. The molecule has 0 saturated carbocycles. The van der Waals surface area contributed by atoms with Crippen LogP contribution in [0, 0.1) is 0 Å². The second kappa shape index (κ2) is 9.07. The van der Waals surface area contributed by atoms with E-state index in [1.54, 1.807) is 6.92 Å². The van der Waals surface area contributed by atoms with Gasteiger partial charge in [0.15, 0.2) is 0 Å². The summed E-state index contributed by atoms with van der Waals surface area (Å²) < 4.78 is 11.1. The molecular weight excluding hydrogens is 310 g/mol. The minimum Gasteiger partial charge on any atom is -0.464 e. The Bertz CT molecular complexity index is 381. The molecule has 4 nitrogen and oxygen atoms in total. The van der Waals surface area contributed by atoms with Gasteiger partial charge < -0.3 is 9.47 Å². The molecule has 0 aromatic heterocycles. The fraction of sp³-hybridized carbons (Fsp3) is 0.500. The summed E-state index contributed by atoms with van der Waals surface area (Å²) in [5.41, 5.74) is 1.25. The lowest BCUT2D eigenvalue weighted by Crippen LogP contribution is -2.24. The van der Waals surface area contributed by atoms with Crippen molar-refractivity contribution >= 4 is 21.9 Å². The molecule has 0 spiro atoms. The van der Waals surface area contributed by atoms with Crippen molar-refractivity contribution in [2.45, 2.75) is 13.5 Å². The van der Waals surface area contributed by atoms with Crippen LogP contribution in [0.4, 0.5) is 0 Å². The van der Waals surface area contributed by atoms with Crippen LogP contribution in [0.15, 0.2) is 28.7 Å². The third kappa shape index (κ3) is 7.30. The molecule has 106 valence electrons. The number of esters is 1. The van der Waals surface area contributed by atoms with Crippen LogP contribution in [-0.4, -0.2) is 44.3 Å². The minimum atomic E-state index is -0.307. The van der Waals surface area contributed by atoms with E-state index in [-0.39, 0.29) is 12.6 Å². The van der Waals surface area contributed by atoms with Gasteiger partial charge in [0.25, 0.3) is 0 Å². The summed E-state index contributed by atoms with van der Waals surface area (Å²) in [6.45, 7) is 4.35. The molecule has 19 heavy (non-hydrogen) atoms. The van der Waals surface area contributed by atoms with E-state index in [2.05, 4.69) is 33.0 Å². The second-order valence-corrected chi connectivity index (χ2v) is 5.14. The van der Waals surface area contributed by atoms with Crippen molar-refractivity contribution in [1.29, 1.82) is 0 Å². The van der Waals surface area contributed by atoms with Gasteiger partial charge in [-0.3, -0.25) is 4.90 Å². The monoisotopic (exact) mass is 329 g/mol. The molecule has 0 amide bonds. The average molecular weight is 330 g/mol. The Kier molecular flexibility index (Phi) is 7.70. The van der Waals surface area contributed by atoms with Crippen LogP contribution < -0.4 is 0 Å². The molecule has 1 aromatic carbocycles. The number of ether oxygens (including phenoxy) is 2. The molecule has 0 heterocycles. The molecule has 0 aliphatic rings. The third-order valence-corrected chi connectivity index (χ3v) is 3.04. The van der Waals surface area contributed by atoms with Crippen LogP contribution in [0.3, 0.4) is 0 Å². The van der Waals surface area contributed by atoms with E-state index < -0.39 is 0 Å². The number of hydrogen-bond acceptors (Lipinski definition) is 4. The minimum absolute atomic E-state index is 0.0277. The second-order valence-electron chi connectivity index (χ2n) is 4.22. The quantitative estimate of drug-likeness (QED) is 0.542. The third-order valence-electron chi connectivity index (χ3n) is 2.51. The van der Waals surface area contributed by atoms with Crippen molar-refractivity contribution in [2.75, 3.05) is 33.4 Å². The lowest BCUT2D eigenvalue weighted by atomic mass is 10.2. The van der Waals surface area contributed by atoms with Crippen LogP contribution in [0.5, 0.6) is 0 Å². The molecule has 0 aliphatic heterocycles. The molecule has 0 aliphatic carbocycles. The molecular formula is C14H20BrNO3. The van der Waals surface area contributed by atoms with Gasteiger partial charge in [0.2, 0.25) is 0 Å². The van der Waals surface area contributed by atoms with Crippen molar-refractivity contribution in [2.24, 2.45) is 0 Å². The Hall–Kier alpha value is -0.910. The van der Waals surface area contributed by atoms with Gasteiger partial charge in [-0.1, -0.05) is 28.1 Å². The Morgan fingerprint density at radius 3 is 2.63 bits per heavy atom. The van der Waals surface area contributed by atoms with Gasteiger partial charge in [0.05, 0.1) is 13.2 Å². The maximum Gasteiger partial charge on any atom is 0.332 e. The number of carbonyl (C=O) groups excluding carboxylic acids is 1. The summed E-state index contributed by atoms with van der Waals surface area (Å²) in [4.78, 5) is 13.2. The highest BCUT2D eigenvalue weighted by Gasteiger charge is 2.03. The molecule has 0 fully saturated rings. The van der Waals surface area contributed by atoms with Crippen LogP contribution in [-0.2, 0) is 20.8 Å². The van der Waals surface area contributed by atoms with Gasteiger partial charge in [-0.15, -0.1) is 0 Å². The maximum atomic E-state index is 11.0. The number of hydrogen-bond donors (Lipinski definition) is 0. The van der Waals surface area contributed by atoms with Crippen molar-refractivity contribution in [3.05, 3.63) is 34.3 Å². The van der Waals surface area contributed by atoms with Gasteiger partial charge in [0, 0.05) is 17.6 Å². The van der Waals surface area contributed by atoms with Gasteiger partial charge in [-0.25, -0.2) is 4.79 Å². The number of nitrogens with zero attached hydrogens (tertiary/aromatic N) is 1. The molecule has 5 heteroatoms. The van der Waals surface area contributed by atoms with E-state index in [4.69, 9.17) is 9.47 Å². The summed E-state index contributed by atoms with van der Waals surface area (Å²) >= 11 is 3.41. The van der Waals surface area contributed by atoms with Crippen molar-refractivity contribution in [3.8, 4) is 0 Å². The molecule has 0 radical (unpaired) electrons. The predicted molar refractivity (Wildman–Crippen MR) is 77.9 cm³/mol. The normalized spacial score (nSPS) is 10.7. The highest BCUT2D eigenvalue weighted by molar-refractivity contribution is 9.10. The Morgan fingerprint density at radius 1 is 1.32 bits per heavy atom. The molecule has 0 saturated heterocycles. The first-order valence-electron chi connectivity index (χ1n) is 6.28. The molecule has 0 N–H and O–H groups in total. The highest BCUT2D eigenvalue weighted by Crippen LogP contribution is 2.11. The fourth-order valence-electron chi connectivity index (χ4n) is 1.56. The molecule has 1 rings (SSSR count). The first-order chi connectivity index (χ1) is 9.11. The SMILES string of the molecule is CCOC(=O)COCCN(C)Cc1ccc(Br)cc1. The lowest BCUT2D eigenvalue weighted by molar-refractivity contribution is -0.148. The molecule has 0 bridgehead atoms. The largest absolute Gasteiger partial charge is 0.464 e. The average Bonchev–Trinajstić information content (AvgIpc) is 2.38. The zero-order chi connectivity index (χ0) is 14.1. The Morgan fingerprint density at radius 2 is 2.00 bits per heavy atom. The van der Waals surface area contributed by atoms with Gasteiger partial charge >= 0.3 is 5.97 Å². The van der Waals surface area contributed by atoms with Crippen molar-refractivity contribution in [1.82, 2.24) is 4.90 Å². The molecule has 1 aromatic rings. The predicted octanol–water partition coefficient (Wildman–Crippen LogP) is 2.46. The van der Waals surface area contributed by atoms with E-state index in [0.717, 1.165) is 17.6 Å². The number of likely N-dealkylation sites (N-methyl/N-ethyl adjacent to an activating group) is 1. The fourth-order valence-corrected chi connectivity index (χ4v) is 1.82. The number of benzene rings is 1. The number of carbonyl (C=O) groups is 1. The van der Waals surface area contributed by atoms with Crippen molar-refractivity contribution < 1.29 is 14.3 Å². The van der Waals surface area contributed by atoms with E-state index in [1.807, 2.05) is 19.2 Å². The topological polar surface area (TPSA) is 38.8 Å². The smallest absolute Gasteiger partial charge is 0.332 e. The zero-order valence-corrected chi connectivity index (χ0v) is 13.0. The van der Waals surface area contributed by atoms with E-state index in [1.165, 1.54) is 5.56 Å². The summed E-state index contributed by atoms with van der Waals surface area (Å²) in [6, 6.07) is 8.22. The van der Waals surface area contributed by atoms with Crippen LogP contribution in [0.2, 0.25) is 0 Å². The lowest BCUT2D eigenvalue weighted by Gasteiger charge is -2.16. The Labute approximate surface area is 122 Å². The van der Waals surface area contributed by atoms with Gasteiger partial charge in [-0.2, -0.15) is 0 Å². The van der Waals surface area contributed by atoms with Gasteiger partial charge in [-0.05, 0) is 31.7 Å². The number of rotatable bonds is 8. The van der Waals surface area contributed by atoms with E-state index in [9.17, 15) is 4.79 Å². The molecule has 0 atom stereocenters. The summed E-state index contributed by atoms with van der Waals surface area (Å²) in [5, 5.41) is 0. The van der Waals surface area contributed by atoms with Gasteiger partial charge in [0.1, 0.15) is 6.61 Å². The first kappa shape index (κ1) is 16.1. The zero-order valence-electron chi connectivity index (χ0n) is 11.4. The van der Waals surface area contributed by atoms with E-state index in [0.29, 0.717) is 13.2 Å². The first-order valence-corrected chi connectivity index (χ1v) is 7.07. The van der Waals surface area contributed by atoms with Crippen LogP contribution >= 0.6 is 15.9 Å². The van der Waals surface area contributed by atoms with E-state index >= 15 is 0 Å². The van der Waals surface area contributed by atoms with Crippen LogP contribution in [0.1, 0.15) is 12.5 Å². The maximum absolute atomic E-state index is 11.0. The summed E-state index contributed by atoms with van der Waals surface area (Å²) in [6.07, 6.45) is 0. The molecule has 0 unspecified atom stereocenters.